The molecule has 61 heavy (non-hydrogen) atoms. The summed E-state index contributed by atoms with van der Waals surface area (Å²) in [6.07, 6.45) is 4.86. The number of methoxy groups -OCH3 is 1. The lowest BCUT2D eigenvalue weighted by atomic mass is 9.70. The van der Waals surface area contributed by atoms with Crippen molar-refractivity contribution in [3.63, 3.8) is 0 Å². The van der Waals surface area contributed by atoms with Crippen LogP contribution in [-0.2, 0) is 20.9 Å². The number of hydrogen-bond acceptors (Lipinski definition) is 10. The number of ether oxygens (including phenoxy) is 1. The number of halogens is 1. The number of rotatable bonds is 10. The Kier molecular flexibility index (Phi) is 11.2. The van der Waals surface area contributed by atoms with Gasteiger partial charge in [-0.05, 0) is 99.7 Å². The van der Waals surface area contributed by atoms with E-state index in [2.05, 4.69) is 31.0 Å². The summed E-state index contributed by atoms with van der Waals surface area (Å²) in [6.45, 7) is 14.0. The van der Waals surface area contributed by atoms with Crippen LogP contribution >= 0.6 is 0 Å². The predicted molar refractivity (Wildman–Crippen MR) is 230 cm³/mol. The molecule has 6 heterocycles. The first-order chi connectivity index (χ1) is 29.4. The maximum atomic E-state index is 16.0. The second-order valence-corrected chi connectivity index (χ2v) is 18.5. The summed E-state index contributed by atoms with van der Waals surface area (Å²) in [4.78, 5) is 63.5. The van der Waals surface area contributed by atoms with Crippen molar-refractivity contribution in [2.75, 3.05) is 87.3 Å². The average Bonchev–Trinajstić information content (AvgIpc) is 3.58. The Morgan fingerprint density at radius 1 is 0.787 bits per heavy atom. The summed E-state index contributed by atoms with van der Waals surface area (Å²) >= 11 is 0. The third-order valence-electron chi connectivity index (χ3n) is 14.4. The highest BCUT2D eigenvalue weighted by atomic mass is 19.1. The van der Waals surface area contributed by atoms with Crippen LogP contribution in [0.3, 0.4) is 0 Å². The molecule has 6 aliphatic rings. The van der Waals surface area contributed by atoms with E-state index in [4.69, 9.17) is 4.74 Å². The lowest BCUT2D eigenvalue weighted by Crippen LogP contribution is -2.61. The summed E-state index contributed by atoms with van der Waals surface area (Å²) in [5.41, 5.74) is 3.45. The van der Waals surface area contributed by atoms with Crippen molar-refractivity contribution in [1.29, 1.82) is 0 Å². The number of hydrogen-bond donors (Lipinski definition) is 2. The number of fused-ring (bicyclic) bond motifs is 1. The van der Waals surface area contributed by atoms with E-state index >= 15 is 4.39 Å². The average molecular weight is 836 g/mol. The van der Waals surface area contributed by atoms with E-state index in [1.54, 1.807) is 47.2 Å². The maximum absolute atomic E-state index is 16.0. The zero-order valence-corrected chi connectivity index (χ0v) is 35.6. The third-order valence-corrected chi connectivity index (χ3v) is 14.4. The minimum atomic E-state index is -0.797. The Morgan fingerprint density at radius 3 is 2.05 bits per heavy atom. The Morgan fingerprint density at radius 2 is 1.43 bits per heavy atom. The van der Waals surface area contributed by atoms with Gasteiger partial charge in [0.15, 0.2) is 0 Å². The fraction of sp³-hybridized carbons (Fsp3) is 0.532. The van der Waals surface area contributed by atoms with Gasteiger partial charge < -0.3 is 34.3 Å². The van der Waals surface area contributed by atoms with Gasteiger partial charge in [0.1, 0.15) is 23.4 Å². The molecule has 0 unspecified atom stereocenters. The van der Waals surface area contributed by atoms with Crippen molar-refractivity contribution >= 4 is 40.7 Å². The smallest absolute Gasteiger partial charge is 0.255 e. The van der Waals surface area contributed by atoms with E-state index in [1.165, 1.54) is 6.07 Å². The molecule has 2 N–H and O–H groups in total. The van der Waals surface area contributed by atoms with Crippen LogP contribution in [0.5, 0.6) is 11.5 Å². The van der Waals surface area contributed by atoms with E-state index < -0.39 is 17.5 Å². The highest BCUT2D eigenvalue weighted by Gasteiger charge is 2.57. The number of phenolic OH excluding ortho intramolecular Hbond substituents is 1. The van der Waals surface area contributed by atoms with Crippen molar-refractivity contribution in [3.05, 3.63) is 77.1 Å². The van der Waals surface area contributed by atoms with Gasteiger partial charge in [0, 0.05) is 101 Å². The Bertz CT molecular complexity index is 2190. The van der Waals surface area contributed by atoms with E-state index in [-0.39, 0.29) is 41.6 Å². The number of benzene rings is 3. The molecular formula is C47H58FN7O6. The van der Waals surface area contributed by atoms with Gasteiger partial charge in [-0.2, -0.15) is 0 Å². The molecule has 0 bridgehead atoms. The van der Waals surface area contributed by atoms with Crippen molar-refractivity contribution in [3.8, 4) is 11.5 Å². The Hall–Kier alpha value is -5.21. The molecule has 3 aromatic carbocycles. The number of para-hydroxylation sites is 2. The third kappa shape index (κ3) is 7.81. The molecule has 2 atom stereocenters. The molecule has 6 aliphatic heterocycles. The molecule has 0 saturated carbocycles. The normalized spacial score (nSPS) is 24.3. The second kappa shape index (κ2) is 16.6. The molecule has 13 nitrogen and oxygen atoms in total. The van der Waals surface area contributed by atoms with Gasteiger partial charge in [-0.3, -0.25) is 29.4 Å². The van der Waals surface area contributed by atoms with Crippen LogP contribution in [0, 0.1) is 23.1 Å². The molecule has 4 amide bonds. The lowest BCUT2D eigenvalue weighted by Gasteiger charge is -2.53. The van der Waals surface area contributed by atoms with Crippen LogP contribution in [0.4, 0.5) is 21.5 Å². The molecule has 9 rings (SSSR count). The molecule has 5 saturated heterocycles. The molecule has 0 spiro atoms. The molecule has 324 valence electrons. The number of nitrogens with one attached hydrogen (secondary N) is 1. The van der Waals surface area contributed by atoms with Crippen molar-refractivity contribution in [2.24, 2.45) is 17.3 Å². The van der Waals surface area contributed by atoms with E-state index in [0.717, 1.165) is 102 Å². The highest BCUT2D eigenvalue weighted by Crippen LogP contribution is 2.55. The second-order valence-electron chi connectivity index (χ2n) is 18.5. The van der Waals surface area contributed by atoms with Crippen LogP contribution in [0.2, 0.25) is 0 Å². The van der Waals surface area contributed by atoms with Gasteiger partial charge in [0.05, 0.1) is 29.9 Å². The zero-order chi connectivity index (χ0) is 42.6. The first kappa shape index (κ1) is 41.2. The number of β-lactam (4-membered cyclic amide) rings is 1. The summed E-state index contributed by atoms with van der Waals surface area (Å²) in [5, 5.41) is 12.9. The molecular weight excluding hydrogens is 778 g/mol. The predicted octanol–water partition coefficient (Wildman–Crippen LogP) is 5.17. The number of nitrogens with zero attached hydrogens (tertiary/aromatic N) is 6. The van der Waals surface area contributed by atoms with E-state index in [9.17, 15) is 24.3 Å². The number of piperazine rings is 1. The fourth-order valence-corrected chi connectivity index (χ4v) is 10.8. The Balaban J connectivity index is 0.723. The number of imide groups is 1. The fourth-order valence-electron chi connectivity index (χ4n) is 10.8. The molecule has 0 aliphatic carbocycles. The number of aromatic hydroxyl groups is 1. The summed E-state index contributed by atoms with van der Waals surface area (Å²) in [6, 6.07) is 15.0. The molecule has 14 heteroatoms. The van der Waals surface area contributed by atoms with Gasteiger partial charge in [0.2, 0.25) is 17.7 Å². The first-order valence-electron chi connectivity index (χ1n) is 22.1. The first-order valence-corrected chi connectivity index (χ1v) is 22.1. The largest absolute Gasteiger partial charge is 0.506 e. The van der Waals surface area contributed by atoms with Crippen molar-refractivity contribution in [2.45, 2.75) is 71.0 Å². The molecule has 3 aromatic rings. The number of carbonyl (C=O) groups excluding carboxylic acids is 4. The minimum Gasteiger partial charge on any atom is -0.506 e. The van der Waals surface area contributed by atoms with Gasteiger partial charge in [-0.15, -0.1) is 0 Å². The van der Waals surface area contributed by atoms with Crippen LogP contribution in [0.25, 0.3) is 0 Å². The van der Waals surface area contributed by atoms with E-state index in [1.807, 2.05) is 26.0 Å². The van der Waals surface area contributed by atoms with Gasteiger partial charge in [-0.1, -0.05) is 12.1 Å². The molecule has 5 fully saturated rings. The van der Waals surface area contributed by atoms with Gasteiger partial charge >= 0.3 is 0 Å². The van der Waals surface area contributed by atoms with Crippen LogP contribution in [0.15, 0.2) is 54.6 Å². The van der Waals surface area contributed by atoms with Gasteiger partial charge in [0.25, 0.3) is 5.91 Å². The standard InChI is InChI=1S/C47H58FN7O6/c1-47(2)43(55(46(47)60)37-6-4-5-7-40(37)56)35-25-36(48)39(26-41(35)61-3)53-18-14-31(15-19-53)28-51-22-20-50(21-23-51)27-30-12-16-52(17-13-30)33-8-9-34-32(24-33)29-54(45(34)59)38-10-11-42(57)49-44(38)58/h4-9,24-26,30-31,38,43,56H,10-23,27-29H2,1-3H3,(H,49,57,58)/t38-,43-/m0/s1. The summed E-state index contributed by atoms with van der Waals surface area (Å²) in [7, 11) is 1.58. The maximum Gasteiger partial charge on any atom is 0.255 e. The lowest BCUT2D eigenvalue weighted by molar-refractivity contribution is -0.138. The highest BCUT2D eigenvalue weighted by molar-refractivity contribution is 6.07. The number of anilines is 3. The van der Waals surface area contributed by atoms with E-state index in [0.29, 0.717) is 53.1 Å². The summed E-state index contributed by atoms with van der Waals surface area (Å²) in [5.74, 6) is 0.491. The Labute approximate surface area is 357 Å². The SMILES string of the molecule is COc1cc(N2CCC(CN3CCN(CC4CCN(c5ccc6c(c5)CN([C@H]5CCC(=O)NC5=O)C6=O)CC4)CC3)CC2)c(F)cc1[C@@H]1N(c2ccccc2O)C(=O)C1(C)C. The molecule has 0 radical (unpaired) electrons. The monoisotopic (exact) mass is 835 g/mol. The topological polar surface area (TPSA) is 129 Å². The van der Waals surface area contributed by atoms with Crippen LogP contribution in [-0.4, -0.2) is 122 Å². The van der Waals surface area contributed by atoms with Crippen molar-refractivity contribution in [1.82, 2.24) is 20.0 Å². The summed E-state index contributed by atoms with van der Waals surface area (Å²) < 4.78 is 21.9. The minimum absolute atomic E-state index is 0.00365. The number of piperidine rings is 3. The number of amides is 4. The van der Waals surface area contributed by atoms with Crippen molar-refractivity contribution < 1.29 is 33.4 Å². The van der Waals surface area contributed by atoms with Crippen LogP contribution in [0.1, 0.15) is 79.9 Å². The number of phenols is 1. The van der Waals surface area contributed by atoms with Gasteiger partial charge in [-0.25, -0.2) is 4.39 Å². The quantitative estimate of drug-likeness (QED) is 0.209. The molecule has 0 aromatic heterocycles. The zero-order valence-electron chi connectivity index (χ0n) is 35.6. The number of carbonyl (C=O) groups is 4. The van der Waals surface area contributed by atoms with Crippen LogP contribution < -0.4 is 24.8 Å².